The summed E-state index contributed by atoms with van der Waals surface area (Å²) in [5.74, 6) is -0.660. The Balaban J connectivity index is 1.52. The van der Waals surface area contributed by atoms with Gasteiger partial charge in [-0.1, -0.05) is 12.1 Å². The van der Waals surface area contributed by atoms with E-state index in [9.17, 15) is 22.0 Å². The number of nitrogens with zero attached hydrogens (tertiary/aromatic N) is 1. The molecule has 0 aliphatic carbocycles. The topological polar surface area (TPSA) is 75.7 Å². The van der Waals surface area contributed by atoms with Crippen LogP contribution in [0.4, 0.5) is 14.5 Å². The lowest BCUT2D eigenvalue weighted by Crippen LogP contribution is -2.35. The highest BCUT2D eigenvalue weighted by Gasteiger charge is 2.29. The van der Waals surface area contributed by atoms with Crippen molar-refractivity contribution >= 4 is 33.0 Å². The van der Waals surface area contributed by atoms with E-state index in [1.807, 2.05) is 11.4 Å². The fraction of sp³-hybridized carbons (Fsp3) is 0.190. The molecule has 0 spiro atoms. The van der Waals surface area contributed by atoms with Crippen molar-refractivity contribution in [2.75, 3.05) is 11.9 Å². The molecule has 31 heavy (non-hydrogen) atoms. The molecule has 1 amide bonds. The van der Waals surface area contributed by atoms with Crippen molar-refractivity contribution in [3.8, 4) is 5.75 Å². The zero-order valence-corrected chi connectivity index (χ0v) is 17.8. The number of sulfonamides is 1. The van der Waals surface area contributed by atoms with Crippen molar-refractivity contribution in [2.24, 2.45) is 0 Å². The second-order valence-corrected chi connectivity index (χ2v) is 9.78. The van der Waals surface area contributed by atoms with Gasteiger partial charge in [-0.2, -0.15) is 13.1 Å². The molecule has 10 heteroatoms. The number of thiophene rings is 1. The van der Waals surface area contributed by atoms with Crippen molar-refractivity contribution in [3.63, 3.8) is 0 Å². The quantitative estimate of drug-likeness (QED) is 0.589. The lowest BCUT2D eigenvalue weighted by atomic mass is 10.1. The van der Waals surface area contributed by atoms with Gasteiger partial charge in [0.2, 0.25) is 10.0 Å². The Kier molecular flexibility index (Phi) is 6.03. The lowest BCUT2D eigenvalue weighted by Gasteiger charge is -2.26. The number of halogens is 2. The van der Waals surface area contributed by atoms with E-state index in [0.29, 0.717) is 19.5 Å². The van der Waals surface area contributed by atoms with Crippen LogP contribution in [0.2, 0.25) is 0 Å². The van der Waals surface area contributed by atoms with Gasteiger partial charge in [-0.3, -0.25) is 4.79 Å². The molecule has 2 aromatic carbocycles. The largest absolute Gasteiger partial charge is 0.435 e. The van der Waals surface area contributed by atoms with Crippen LogP contribution >= 0.6 is 11.3 Å². The average molecular weight is 465 g/mol. The standard InChI is InChI=1S/C21H18F2N2O4S2/c22-21(23)29-17-5-2-4-16(12-17)24-20(26)14-3-1-6-18(11-14)31(27,28)25-9-7-19-15(13-25)8-10-30-19/h1-6,8,10-12,21H,7,9,13H2,(H,24,26). The van der Waals surface area contributed by atoms with Crippen molar-refractivity contribution in [2.45, 2.75) is 24.5 Å². The third-order valence-corrected chi connectivity index (χ3v) is 7.69. The first-order chi connectivity index (χ1) is 14.8. The first-order valence-corrected chi connectivity index (χ1v) is 11.7. The van der Waals surface area contributed by atoms with Crippen LogP contribution in [0.15, 0.2) is 64.9 Å². The number of fused-ring (bicyclic) bond motifs is 1. The summed E-state index contributed by atoms with van der Waals surface area (Å²) in [6, 6.07) is 13.3. The predicted molar refractivity (Wildman–Crippen MR) is 113 cm³/mol. The van der Waals surface area contributed by atoms with Crippen LogP contribution in [-0.4, -0.2) is 31.8 Å². The molecule has 4 rings (SSSR count). The number of rotatable bonds is 6. The second kappa shape index (κ2) is 8.74. The number of anilines is 1. The predicted octanol–water partition coefficient (Wildman–Crippen LogP) is 4.35. The number of hydrogen-bond donors (Lipinski definition) is 1. The molecule has 1 N–H and O–H groups in total. The van der Waals surface area contributed by atoms with Crippen molar-refractivity contribution < 1.29 is 26.7 Å². The molecule has 0 unspecified atom stereocenters. The summed E-state index contributed by atoms with van der Waals surface area (Å²) in [5, 5.41) is 4.52. The Bertz CT molecular complexity index is 1210. The van der Waals surface area contributed by atoms with Crippen molar-refractivity contribution in [3.05, 3.63) is 76.0 Å². The maximum absolute atomic E-state index is 13.1. The maximum atomic E-state index is 13.1. The Morgan fingerprint density at radius 3 is 2.74 bits per heavy atom. The Labute approximate surface area is 182 Å². The molecule has 0 fully saturated rings. The Morgan fingerprint density at radius 1 is 1.13 bits per heavy atom. The summed E-state index contributed by atoms with van der Waals surface area (Å²) in [7, 11) is -3.78. The second-order valence-electron chi connectivity index (χ2n) is 6.85. The average Bonchev–Trinajstić information content (AvgIpc) is 3.21. The van der Waals surface area contributed by atoms with Gasteiger partial charge in [0.15, 0.2) is 0 Å². The van der Waals surface area contributed by atoms with Gasteiger partial charge in [0.25, 0.3) is 5.91 Å². The van der Waals surface area contributed by atoms with Gasteiger partial charge in [0.05, 0.1) is 4.90 Å². The minimum Gasteiger partial charge on any atom is -0.435 e. The van der Waals surface area contributed by atoms with Crippen LogP contribution in [-0.2, 0) is 23.0 Å². The summed E-state index contributed by atoms with van der Waals surface area (Å²) < 4.78 is 56.7. The number of benzene rings is 2. The number of carbonyl (C=O) groups excluding carboxylic acids is 1. The SMILES string of the molecule is O=C(Nc1cccc(OC(F)F)c1)c1cccc(S(=O)(=O)N2CCc3sccc3C2)c1. The summed E-state index contributed by atoms with van der Waals surface area (Å²) >= 11 is 1.62. The molecule has 0 bridgehead atoms. The van der Waals surface area contributed by atoms with E-state index < -0.39 is 22.5 Å². The van der Waals surface area contributed by atoms with E-state index in [4.69, 9.17) is 0 Å². The minimum atomic E-state index is -3.78. The summed E-state index contributed by atoms with van der Waals surface area (Å²) in [5.41, 5.74) is 1.38. The van der Waals surface area contributed by atoms with Gasteiger partial charge in [-0.05, 0) is 53.8 Å². The number of alkyl halides is 2. The van der Waals surface area contributed by atoms with Crippen LogP contribution in [0.1, 0.15) is 20.8 Å². The molecule has 0 saturated carbocycles. The van der Waals surface area contributed by atoms with Gasteiger partial charge in [0.1, 0.15) is 5.75 Å². The molecule has 1 aliphatic heterocycles. The normalized spacial score (nSPS) is 14.3. The molecule has 2 heterocycles. The molecule has 0 radical (unpaired) electrons. The fourth-order valence-corrected chi connectivity index (χ4v) is 5.68. The summed E-state index contributed by atoms with van der Waals surface area (Å²) in [6.07, 6.45) is 0.656. The fourth-order valence-electron chi connectivity index (χ4n) is 3.33. The van der Waals surface area contributed by atoms with Crippen molar-refractivity contribution in [1.82, 2.24) is 4.31 Å². The van der Waals surface area contributed by atoms with Crippen LogP contribution in [0, 0.1) is 0 Å². The number of ether oxygens (including phenoxy) is 1. The number of carbonyl (C=O) groups is 1. The van der Waals surface area contributed by atoms with Crippen LogP contribution in [0.3, 0.4) is 0 Å². The third kappa shape index (κ3) is 4.76. The van der Waals surface area contributed by atoms with Crippen LogP contribution in [0.25, 0.3) is 0 Å². The van der Waals surface area contributed by atoms with E-state index in [2.05, 4.69) is 10.1 Å². The highest BCUT2D eigenvalue weighted by Crippen LogP contribution is 2.28. The zero-order valence-electron chi connectivity index (χ0n) is 16.1. The third-order valence-electron chi connectivity index (χ3n) is 4.82. The molecule has 1 aromatic heterocycles. The summed E-state index contributed by atoms with van der Waals surface area (Å²) in [6.45, 7) is -2.30. The maximum Gasteiger partial charge on any atom is 0.387 e. The molecule has 3 aromatic rings. The van der Waals surface area contributed by atoms with E-state index in [1.54, 1.807) is 11.3 Å². The van der Waals surface area contributed by atoms with E-state index in [-0.39, 0.29) is 21.9 Å². The van der Waals surface area contributed by atoms with E-state index >= 15 is 0 Å². The van der Waals surface area contributed by atoms with Crippen LogP contribution < -0.4 is 10.1 Å². The Morgan fingerprint density at radius 2 is 1.94 bits per heavy atom. The molecule has 0 saturated heterocycles. The number of amides is 1. The Hall–Kier alpha value is -2.82. The molecule has 162 valence electrons. The lowest BCUT2D eigenvalue weighted by molar-refractivity contribution is -0.0498. The van der Waals surface area contributed by atoms with Gasteiger partial charge in [0, 0.05) is 35.3 Å². The molecular formula is C21H18F2N2O4S2. The van der Waals surface area contributed by atoms with Gasteiger partial charge in [-0.25, -0.2) is 8.42 Å². The van der Waals surface area contributed by atoms with E-state index in [0.717, 1.165) is 5.56 Å². The molecule has 1 aliphatic rings. The smallest absolute Gasteiger partial charge is 0.387 e. The van der Waals surface area contributed by atoms with Gasteiger partial charge < -0.3 is 10.1 Å². The molecule has 6 nitrogen and oxygen atoms in total. The van der Waals surface area contributed by atoms with Crippen molar-refractivity contribution in [1.29, 1.82) is 0 Å². The minimum absolute atomic E-state index is 0.0219. The summed E-state index contributed by atoms with van der Waals surface area (Å²) in [4.78, 5) is 13.8. The zero-order chi connectivity index (χ0) is 22.0. The van der Waals surface area contributed by atoms with Gasteiger partial charge >= 0.3 is 6.61 Å². The van der Waals surface area contributed by atoms with Crippen LogP contribution in [0.5, 0.6) is 5.75 Å². The first-order valence-electron chi connectivity index (χ1n) is 9.34. The number of nitrogens with one attached hydrogen (secondary N) is 1. The molecular weight excluding hydrogens is 446 g/mol. The monoisotopic (exact) mass is 464 g/mol. The number of hydrogen-bond acceptors (Lipinski definition) is 5. The highest BCUT2D eigenvalue weighted by molar-refractivity contribution is 7.89. The van der Waals surface area contributed by atoms with E-state index in [1.165, 1.54) is 57.7 Å². The first kappa shape index (κ1) is 21.4. The highest BCUT2D eigenvalue weighted by atomic mass is 32.2. The van der Waals surface area contributed by atoms with Gasteiger partial charge in [-0.15, -0.1) is 11.3 Å². The molecule has 0 atom stereocenters.